The summed E-state index contributed by atoms with van der Waals surface area (Å²) in [7, 11) is 0. The minimum Gasteiger partial charge on any atom is -0.271 e. The summed E-state index contributed by atoms with van der Waals surface area (Å²) in [5.74, 6) is 6.21. The van der Waals surface area contributed by atoms with Crippen molar-refractivity contribution in [3.8, 4) is 0 Å². The molecule has 3 heteroatoms. The Labute approximate surface area is 90.5 Å². The number of nitrogens with two attached hydrogens (primary N) is 1. The highest BCUT2D eigenvalue weighted by molar-refractivity contribution is 7.10. The van der Waals surface area contributed by atoms with E-state index in [9.17, 15) is 0 Å². The average molecular weight is 212 g/mol. The first-order chi connectivity index (χ1) is 6.74. The number of hydrogen-bond acceptors (Lipinski definition) is 3. The Balaban J connectivity index is 2.88. The molecule has 0 aliphatic carbocycles. The largest absolute Gasteiger partial charge is 0.271 e. The summed E-state index contributed by atoms with van der Waals surface area (Å²) in [6.45, 7) is 6.63. The van der Waals surface area contributed by atoms with E-state index in [-0.39, 0.29) is 0 Å². The fourth-order valence-electron chi connectivity index (χ4n) is 1.65. The van der Waals surface area contributed by atoms with Crippen molar-refractivity contribution < 1.29 is 0 Å². The van der Waals surface area contributed by atoms with Gasteiger partial charge in [0.2, 0.25) is 0 Å². The van der Waals surface area contributed by atoms with Crippen molar-refractivity contribution in [2.24, 2.45) is 11.8 Å². The molecule has 1 aromatic rings. The third kappa shape index (κ3) is 2.35. The van der Waals surface area contributed by atoms with Gasteiger partial charge in [0.1, 0.15) is 0 Å². The van der Waals surface area contributed by atoms with Gasteiger partial charge in [-0.2, -0.15) is 0 Å². The molecule has 2 nitrogen and oxygen atoms in total. The molecule has 0 aromatic carbocycles. The monoisotopic (exact) mass is 212 g/mol. The van der Waals surface area contributed by atoms with Crippen LogP contribution >= 0.6 is 11.3 Å². The smallest absolute Gasteiger partial charge is 0.0581 e. The first-order valence-electron chi connectivity index (χ1n) is 5.26. The van der Waals surface area contributed by atoms with Crippen molar-refractivity contribution in [3.05, 3.63) is 21.9 Å². The molecule has 80 valence electrons. The maximum atomic E-state index is 5.62. The van der Waals surface area contributed by atoms with Gasteiger partial charge < -0.3 is 0 Å². The molecule has 0 amide bonds. The second kappa shape index (κ2) is 5.49. The molecule has 0 aliphatic heterocycles. The zero-order chi connectivity index (χ0) is 10.6. The van der Waals surface area contributed by atoms with Crippen LogP contribution in [0.25, 0.3) is 0 Å². The Morgan fingerprint density at radius 1 is 1.50 bits per heavy atom. The summed E-state index contributed by atoms with van der Waals surface area (Å²) < 4.78 is 0. The van der Waals surface area contributed by atoms with E-state index >= 15 is 0 Å². The molecule has 0 radical (unpaired) electrons. The molecule has 1 rings (SSSR count). The second-order valence-electron chi connectivity index (χ2n) is 3.69. The van der Waals surface area contributed by atoms with E-state index in [0.29, 0.717) is 12.0 Å². The Morgan fingerprint density at radius 2 is 2.21 bits per heavy atom. The minimum absolute atomic E-state index is 0.315. The quantitative estimate of drug-likeness (QED) is 0.582. The van der Waals surface area contributed by atoms with Crippen LogP contribution in [0.3, 0.4) is 0 Å². The van der Waals surface area contributed by atoms with Crippen LogP contribution in [-0.2, 0) is 6.42 Å². The highest BCUT2D eigenvalue weighted by Gasteiger charge is 2.19. The maximum Gasteiger partial charge on any atom is 0.0581 e. The van der Waals surface area contributed by atoms with Crippen molar-refractivity contribution in [2.75, 3.05) is 0 Å². The number of aryl methyl sites for hydroxylation is 1. The number of hydrazine groups is 1. The lowest BCUT2D eigenvalue weighted by Gasteiger charge is -2.22. The summed E-state index contributed by atoms with van der Waals surface area (Å²) in [5, 5.41) is 2.15. The molecule has 0 fully saturated rings. The molecular weight excluding hydrogens is 192 g/mol. The summed E-state index contributed by atoms with van der Waals surface area (Å²) in [5.41, 5.74) is 4.37. The van der Waals surface area contributed by atoms with E-state index in [1.807, 2.05) is 11.3 Å². The molecule has 0 saturated carbocycles. The van der Waals surface area contributed by atoms with E-state index in [1.54, 1.807) is 0 Å². The summed E-state index contributed by atoms with van der Waals surface area (Å²) in [4.78, 5) is 1.41. The highest BCUT2D eigenvalue weighted by atomic mass is 32.1. The van der Waals surface area contributed by atoms with Crippen molar-refractivity contribution in [1.29, 1.82) is 0 Å². The third-order valence-corrected chi connectivity index (χ3v) is 3.88. The van der Waals surface area contributed by atoms with Crippen molar-refractivity contribution in [2.45, 2.75) is 39.7 Å². The van der Waals surface area contributed by atoms with Crippen LogP contribution in [0.1, 0.15) is 43.7 Å². The molecule has 0 aliphatic rings. The lowest BCUT2D eigenvalue weighted by molar-refractivity contribution is 0.386. The predicted molar refractivity (Wildman–Crippen MR) is 63.2 cm³/mol. The zero-order valence-corrected chi connectivity index (χ0v) is 10.0. The van der Waals surface area contributed by atoms with Crippen LogP contribution in [0.2, 0.25) is 0 Å². The number of nitrogens with one attached hydrogen (secondary N) is 1. The van der Waals surface area contributed by atoms with Gasteiger partial charge in [0.05, 0.1) is 6.04 Å². The van der Waals surface area contributed by atoms with Crippen molar-refractivity contribution in [1.82, 2.24) is 5.43 Å². The van der Waals surface area contributed by atoms with Gasteiger partial charge in [-0.1, -0.05) is 27.2 Å². The zero-order valence-electron chi connectivity index (χ0n) is 9.21. The highest BCUT2D eigenvalue weighted by Crippen LogP contribution is 2.30. The first kappa shape index (κ1) is 11.7. The van der Waals surface area contributed by atoms with Gasteiger partial charge in [-0.25, -0.2) is 0 Å². The van der Waals surface area contributed by atoms with E-state index in [1.165, 1.54) is 10.4 Å². The van der Waals surface area contributed by atoms with E-state index < -0.39 is 0 Å². The van der Waals surface area contributed by atoms with Crippen LogP contribution < -0.4 is 11.3 Å². The van der Waals surface area contributed by atoms with Crippen LogP contribution in [0.5, 0.6) is 0 Å². The van der Waals surface area contributed by atoms with Crippen LogP contribution in [-0.4, -0.2) is 0 Å². The lowest BCUT2D eigenvalue weighted by atomic mass is 9.96. The Bertz CT molecular complexity index is 270. The van der Waals surface area contributed by atoms with E-state index in [4.69, 9.17) is 5.84 Å². The number of hydrogen-bond donors (Lipinski definition) is 2. The second-order valence-corrected chi connectivity index (χ2v) is 4.64. The molecular formula is C11H20N2S. The van der Waals surface area contributed by atoms with Gasteiger partial charge in [-0.3, -0.25) is 11.3 Å². The van der Waals surface area contributed by atoms with Gasteiger partial charge in [-0.15, -0.1) is 11.3 Å². The summed E-state index contributed by atoms with van der Waals surface area (Å²) >= 11 is 1.81. The predicted octanol–water partition coefficient (Wildman–Crippen LogP) is 2.86. The first-order valence-corrected chi connectivity index (χ1v) is 6.14. The Hall–Kier alpha value is -0.380. The fourth-order valence-corrected chi connectivity index (χ4v) is 2.84. The SMILES string of the molecule is CCc1ccsc1C(NN)C(C)CC. The molecule has 14 heavy (non-hydrogen) atoms. The molecule has 1 aromatic heterocycles. The minimum atomic E-state index is 0.315. The van der Waals surface area contributed by atoms with Gasteiger partial charge >= 0.3 is 0 Å². The topological polar surface area (TPSA) is 38.0 Å². The van der Waals surface area contributed by atoms with Crippen LogP contribution in [0.4, 0.5) is 0 Å². The molecule has 3 N–H and O–H groups in total. The van der Waals surface area contributed by atoms with Crippen molar-refractivity contribution in [3.63, 3.8) is 0 Å². The molecule has 2 unspecified atom stereocenters. The van der Waals surface area contributed by atoms with Crippen LogP contribution in [0.15, 0.2) is 11.4 Å². The fraction of sp³-hybridized carbons (Fsp3) is 0.636. The number of thiophene rings is 1. The molecule has 1 heterocycles. The van der Waals surface area contributed by atoms with Gasteiger partial charge in [0.25, 0.3) is 0 Å². The molecule has 2 atom stereocenters. The normalized spacial score (nSPS) is 15.4. The van der Waals surface area contributed by atoms with Gasteiger partial charge in [0, 0.05) is 4.88 Å². The molecule has 0 bridgehead atoms. The number of rotatable bonds is 5. The standard InChI is InChI=1S/C11H20N2S/c1-4-8(3)10(13-12)11-9(5-2)6-7-14-11/h6-8,10,13H,4-5,12H2,1-3H3. The molecule has 0 spiro atoms. The van der Waals surface area contributed by atoms with Gasteiger partial charge in [0.15, 0.2) is 0 Å². The van der Waals surface area contributed by atoms with Gasteiger partial charge in [-0.05, 0) is 29.3 Å². The Morgan fingerprint density at radius 3 is 2.71 bits per heavy atom. The van der Waals surface area contributed by atoms with E-state index in [2.05, 4.69) is 37.6 Å². The Kier molecular flexibility index (Phi) is 4.58. The average Bonchev–Trinajstić information content (AvgIpc) is 2.66. The summed E-state index contributed by atoms with van der Waals surface area (Å²) in [6.07, 6.45) is 2.24. The summed E-state index contributed by atoms with van der Waals surface area (Å²) in [6, 6.07) is 2.52. The van der Waals surface area contributed by atoms with Crippen molar-refractivity contribution >= 4 is 11.3 Å². The third-order valence-electron chi connectivity index (χ3n) is 2.84. The van der Waals surface area contributed by atoms with Crippen LogP contribution in [0, 0.1) is 5.92 Å². The molecule has 0 saturated heterocycles. The van der Waals surface area contributed by atoms with E-state index in [0.717, 1.165) is 12.8 Å². The maximum absolute atomic E-state index is 5.62. The lowest BCUT2D eigenvalue weighted by Crippen LogP contribution is -2.32.